The van der Waals surface area contributed by atoms with Crippen LogP contribution in [-0.4, -0.2) is 81.1 Å². The fourth-order valence-electron chi connectivity index (χ4n) is 5.08. The third-order valence-electron chi connectivity index (χ3n) is 8.30. The summed E-state index contributed by atoms with van der Waals surface area (Å²) in [6, 6.07) is 15.3. The lowest BCUT2D eigenvalue weighted by Crippen LogP contribution is -2.45. The number of esters is 1. The highest BCUT2D eigenvalue weighted by Gasteiger charge is 2.44. The van der Waals surface area contributed by atoms with Gasteiger partial charge in [-0.1, -0.05) is 56.3 Å². The van der Waals surface area contributed by atoms with Gasteiger partial charge in [0.2, 0.25) is 11.8 Å². The number of primary amides is 1. The van der Waals surface area contributed by atoms with Crippen molar-refractivity contribution in [3.05, 3.63) is 71.3 Å². The highest BCUT2D eigenvalue weighted by molar-refractivity contribution is 6.09. The van der Waals surface area contributed by atoms with E-state index in [2.05, 4.69) is 16.0 Å². The molecule has 13 heteroatoms. The van der Waals surface area contributed by atoms with Crippen molar-refractivity contribution >= 4 is 35.6 Å². The minimum Gasteiger partial charge on any atom is -0.463 e. The van der Waals surface area contributed by atoms with Crippen LogP contribution in [0.3, 0.4) is 0 Å². The number of epoxide rings is 1. The maximum atomic E-state index is 13.4. The SMILES string of the molecule is CCC(C)(CC(C)(CCC(N)=O)C(=O)OCCNC(=O)OCC1CO1)C(=O)NCCCNC(=O)c1ccc(C(=O)c2ccccc2)cc1. The average molecular weight is 667 g/mol. The molecule has 4 amide bonds. The van der Waals surface area contributed by atoms with Gasteiger partial charge in [-0.3, -0.25) is 24.0 Å². The summed E-state index contributed by atoms with van der Waals surface area (Å²) in [5.41, 5.74) is 4.63. The molecular formula is C35H46N4O9. The monoisotopic (exact) mass is 666 g/mol. The third-order valence-corrected chi connectivity index (χ3v) is 8.30. The quantitative estimate of drug-likeness (QED) is 0.0711. The Bertz CT molecular complexity index is 1430. The average Bonchev–Trinajstić information content (AvgIpc) is 3.92. The Morgan fingerprint density at radius 2 is 1.46 bits per heavy atom. The molecule has 0 spiro atoms. The molecule has 0 aromatic heterocycles. The number of nitrogens with two attached hydrogens (primary N) is 1. The lowest BCUT2D eigenvalue weighted by atomic mass is 9.69. The topological polar surface area (TPSA) is 196 Å². The van der Waals surface area contributed by atoms with E-state index in [1.54, 1.807) is 62.4 Å². The van der Waals surface area contributed by atoms with Crippen molar-refractivity contribution < 1.29 is 43.0 Å². The van der Waals surface area contributed by atoms with Crippen LogP contribution in [0.25, 0.3) is 0 Å². The van der Waals surface area contributed by atoms with E-state index in [0.29, 0.717) is 42.7 Å². The summed E-state index contributed by atoms with van der Waals surface area (Å²) in [4.78, 5) is 75.1. The maximum Gasteiger partial charge on any atom is 0.407 e. The third kappa shape index (κ3) is 11.8. The molecule has 2 aromatic carbocycles. The predicted molar refractivity (Wildman–Crippen MR) is 176 cm³/mol. The highest BCUT2D eigenvalue weighted by Crippen LogP contribution is 2.41. The van der Waals surface area contributed by atoms with Crippen LogP contribution in [0.4, 0.5) is 4.79 Å². The molecule has 1 heterocycles. The molecule has 2 aromatic rings. The molecule has 13 nitrogen and oxygen atoms in total. The van der Waals surface area contributed by atoms with E-state index in [0.717, 1.165) is 0 Å². The van der Waals surface area contributed by atoms with Gasteiger partial charge in [0.15, 0.2) is 5.78 Å². The molecular weight excluding hydrogens is 620 g/mol. The van der Waals surface area contributed by atoms with Crippen molar-refractivity contribution in [2.45, 2.75) is 59.0 Å². The zero-order chi connectivity index (χ0) is 35.2. The zero-order valence-electron chi connectivity index (χ0n) is 27.8. The van der Waals surface area contributed by atoms with Crippen LogP contribution in [0.2, 0.25) is 0 Å². The second-order valence-corrected chi connectivity index (χ2v) is 12.4. The van der Waals surface area contributed by atoms with Crippen LogP contribution in [0, 0.1) is 10.8 Å². The normalized spacial score (nSPS) is 15.9. The second-order valence-electron chi connectivity index (χ2n) is 12.4. The molecule has 1 aliphatic rings. The molecule has 5 N–H and O–H groups in total. The molecule has 0 radical (unpaired) electrons. The number of carbonyl (C=O) groups is 6. The van der Waals surface area contributed by atoms with Crippen molar-refractivity contribution in [3.8, 4) is 0 Å². The predicted octanol–water partition coefficient (Wildman–Crippen LogP) is 2.90. The van der Waals surface area contributed by atoms with Crippen molar-refractivity contribution in [3.63, 3.8) is 0 Å². The number of ketones is 1. The van der Waals surface area contributed by atoms with E-state index in [1.807, 2.05) is 13.0 Å². The van der Waals surface area contributed by atoms with Gasteiger partial charge in [0, 0.05) is 41.6 Å². The van der Waals surface area contributed by atoms with Crippen LogP contribution in [0.15, 0.2) is 54.6 Å². The Kier molecular flexibility index (Phi) is 14.1. The molecule has 3 atom stereocenters. The van der Waals surface area contributed by atoms with Crippen LogP contribution in [0.5, 0.6) is 0 Å². The Morgan fingerprint density at radius 3 is 2.08 bits per heavy atom. The summed E-state index contributed by atoms with van der Waals surface area (Å²) in [5.74, 6) is -1.91. The Labute approximate surface area is 280 Å². The molecule has 0 saturated carbocycles. The molecule has 3 unspecified atom stereocenters. The van der Waals surface area contributed by atoms with Gasteiger partial charge < -0.3 is 35.9 Å². The molecule has 260 valence electrons. The molecule has 1 aliphatic heterocycles. The number of hydrogen-bond acceptors (Lipinski definition) is 9. The van der Waals surface area contributed by atoms with Gasteiger partial charge in [-0.05, 0) is 44.7 Å². The van der Waals surface area contributed by atoms with Crippen LogP contribution >= 0.6 is 0 Å². The summed E-state index contributed by atoms with van der Waals surface area (Å²) in [7, 11) is 0. The van der Waals surface area contributed by atoms with E-state index in [-0.39, 0.29) is 69.3 Å². The standard InChI is InChI=1S/C35H46N4O9/c1-4-34(2,23-35(3,16-15-28(36)40)32(44)46-20-19-39-33(45)48-22-27-21-47-27)31(43)38-18-8-17-37-30(42)26-13-11-25(12-14-26)29(41)24-9-6-5-7-10-24/h5-7,9-14,27H,4,8,15-23H2,1-3H3,(H2,36,40)(H,37,42)(H,38,43)(H,39,45). The second kappa shape index (κ2) is 17.9. The van der Waals surface area contributed by atoms with Gasteiger partial charge in [0.1, 0.15) is 19.3 Å². The highest BCUT2D eigenvalue weighted by atomic mass is 16.6. The fraction of sp³-hybridized carbons (Fsp3) is 0.486. The number of amides is 4. The molecule has 1 fully saturated rings. The van der Waals surface area contributed by atoms with Gasteiger partial charge in [-0.2, -0.15) is 0 Å². The van der Waals surface area contributed by atoms with Crippen molar-refractivity contribution in [2.24, 2.45) is 16.6 Å². The first-order valence-electron chi connectivity index (χ1n) is 16.1. The van der Waals surface area contributed by atoms with Crippen LogP contribution in [0.1, 0.15) is 79.2 Å². The molecule has 1 saturated heterocycles. The summed E-state index contributed by atoms with van der Waals surface area (Å²) < 4.78 is 15.4. The smallest absolute Gasteiger partial charge is 0.407 e. The minimum atomic E-state index is -1.21. The summed E-state index contributed by atoms with van der Waals surface area (Å²) in [6.45, 7) is 6.38. The van der Waals surface area contributed by atoms with Crippen LogP contribution < -0.4 is 21.7 Å². The lowest BCUT2D eigenvalue weighted by molar-refractivity contribution is -0.158. The number of ether oxygens (including phenoxy) is 3. The fourth-order valence-corrected chi connectivity index (χ4v) is 5.08. The van der Waals surface area contributed by atoms with Gasteiger partial charge in [-0.25, -0.2) is 4.79 Å². The van der Waals surface area contributed by atoms with Crippen molar-refractivity contribution in [2.75, 3.05) is 39.5 Å². The van der Waals surface area contributed by atoms with Gasteiger partial charge in [-0.15, -0.1) is 0 Å². The van der Waals surface area contributed by atoms with Crippen molar-refractivity contribution in [1.82, 2.24) is 16.0 Å². The first kappa shape index (κ1) is 37.7. The van der Waals surface area contributed by atoms with E-state index in [9.17, 15) is 28.8 Å². The number of benzene rings is 2. The summed E-state index contributed by atoms with van der Waals surface area (Å²) >= 11 is 0. The first-order chi connectivity index (χ1) is 22.9. The lowest BCUT2D eigenvalue weighted by Gasteiger charge is -2.36. The number of nitrogens with one attached hydrogen (secondary N) is 3. The first-order valence-corrected chi connectivity index (χ1v) is 16.1. The molecule has 0 aliphatic carbocycles. The van der Waals surface area contributed by atoms with E-state index in [4.69, 9.17) is 19.9 Å². The van der Waals surface area contributed by atoms with E-state index >= 15 is 0 Å². The Morgan fingerprint density at radius 1 is 0.833 bits per heavy atom. The summed E-state index contributed by atoms with van der Waals surface area (Å²) in [5, 5.41) is 8.20. The Hall–Kier alpha value is -4.78. The number of rotatable bonds is 20. The molecule has 48 heavy (non-hydrogen) atoms. The largest absolute Gasteiger partial charge is 0.463 e. The number of hydrogen-bond donors (Lipinski definition) is 4. The van der Waals surface area contributed by atoms with E-state index in [1.165, 1.54) is 0 Å². The number of alkyl carbamates (subject to hydrolysis) is 1. The van der Waals surface area contributed by atoms with Crippen molar-refractivity contribution in [1.29, 1.82) is 0 Å². The molecule has 0 bridgehead atoms. The summed E-state index contributed by atoms with van der Waals surface area (Å²) in [6.07, 6.45) is 0.214. The van der Waals surface area contributed by atoms with Crippen LogP contribution in [-0.2, 0) is 28.6 Å². The van der Waals surface area contributed by atoms with E-state index < -0.39 is 28.8 Å². The van der Waals surface area contributed by atoms with Gasteiger partial charge >= 0.3 is 12.1 Å². The Balaban J connectivity index is 1.45. The zero-order valence-corrected chi connectivity index (χ0v) is 27.8. The minimum absolute atomic E-state index is 0.0172. The van der Waals surface area contributed by atoms with Gasteiger partial charge in [0.25, 0.3) is 5.91 Å². The number of carbonyl (C=O) groups excluding carboxylic acids is 6. The van der Waals surface area contributed by atoms with Gasteiger partial charge in [0.05, 0.1) is 18.6 Å². The maximum absolute atomic E-state index is 13.4. The molecule has 3 rings (SSSR count).